The molecular weight excluding hydrogens is 250 g/mol. The average Bonchev–Trinajstić information content (AvgIpc) is 2.55. The molecule has 0 saturated carbocycles. The predicted molar refractivity (Wildman–Crippen MR) is 61.6 cm³/mol. The number of halogens is 1. The van der Waals surface area contributed by atoms with Crippen molar-refractivity contribution in [3.05, 3.63) is 27.8 Å². The van der Waals surface area contributed by atoms with Crippen LogP contribution >= 0.6 is 23.4 Å². The molecule has 2 heterocycles. The van der Waals surface area contributed by atoms with Gasteiger partial charge in [0.1, 0.15) is 10.2 Å². The summed E-state index contributed by atoms with van der Waals surface area (Å²) in [4.78, 5) is 15.2. The largest absolute Gasteiger partial charge is 0.397 e. The highest BCUT2D eigenvalue weighted by atomic mass is 35.5. The van der Waals surface area contributed by atoms with Crippen molar-refractivity contribution in [3.8, 4) is 0 Å². The molecule has 0 unspecified atom stereocenters. The number of aromatic amines is 1. The lowest BCUT2D eigenvalue weighted by molar-refractivity contribution is 0.765. The van der Waals surface area contributed by atoms with E-state index in [1.807, 2.05) is 0 Å². The van der Waals surface area contributed by atoms with Gasteiger partial charge in [-0.1, -0.05) is 11.6 Å². The number of hydrogen-bond acceptors (Lipinski definition) is 5. The summed E-state index contributed by atoms with van der Waals surface area (Å²) in [6, 6.07) is 3.26. The highest BCUT2D eigenvalue weighted by molar-refractivity contribution is 7.99. The molecular formula is C8H8ClN5OS. The maximum absolute atomic E-state index is 11.1. The van der Waals surface area contributed by atoms with Crippen LogP contribution in [0, 0.1) is 0 Å². The molecule has 2 aromatic heterocycles. The summed E-state index contributed by atoms with van der Waals surface area (Å²) in [5, 5.41) is 7.50. The second-order valence-electron chi connectivity index (χ2n) is 3.00. The summed E-state index contributed by atoms with van der Waals surface area (Å²) in [6.07, 6.45) is 0. The molecule has 0 atom stereocenters. The number of nitrogen functional groups attached to an aromatic ring is 1. The van der Waals surface area contributed by atoms with Crippen molar-refractivity contribution in [2.24, 2.45) is 7.05 Å². The lowest BCUT2D eigenvalue weighted by Crippen LogP contribution is -2.12. The van der Waals surface area contributed by atoms with Gasteiger partial charge in [-0.05, 0) is 23.9 Å². The number of H-pyrrole nitrogens is 1. The summed E-state index contributed by atoms with van der Waals surface area (Å²) in [7, 11) is 1.61. The summed E-state index contributed by atoms with van der Waals surface area (Å²) in [5.74, 6) is 0. The van der Waals surface area contributed by atoms with E-state index in [-0.39, 0.29) is 5.69 Å². The van der Waals surface area contributed by atoms with Crippen molar-refractivity contribution in [2.75, 3.05) is 5.73 Å². The minimum absolute atomic E-state index is 0.289. The van der Waals surface area contributed by atoms with E-state index in [0.29, 0.717) is 21.0 Å². The number of anilines is 1. The molecule has 0 aliphatic heterocycles. The molecule has 0 aliphatic carbocycles. The van der Waals surface area contributed by atoms with E-state index in [2.05, 4.69) is 15.2 Å². The Balaban J connectivity index is 2.37. The van der Waals surface area contributed by atoms with Crippen LogP contribution in [0.4, 0.5) is 5.69 Å². The Kier molecular flexibility index (Phi) is 2.88. The van der Waals surface area contributed by atoms with Crippen LogP contribution in [0.5, 0.6) is 0 Å². The predicted octanol–water partition coefficient (Wildman–Crippen LogP) is 0.890. The topological polar surface area (TPSA) is 89.6 Å². The first-order valence-electron chi connectivity index (χ1n) is 4.29. The first-order valence-corrected chi connectivity index (χ1v) is 5.48. The van der Waals surface area contributed by atoms with Gasteiger partial charge in [0.25, 0.3) is 0 Å². The molecule has 3 N–H and O–H groups in total. The van der Waals surface area contributed by atoms with Crippen LogP contribution < -0.4 is 11.4 Å². The van der Waals surface area contributed by atoms with Gasteiger partial charge in [0, 0.05) is 7.05 Å². The molecule has 0 saturated heterocycles. The van der Waals surface area contributed by atoms with Crippen LogP contribution in [0.1, 0.15) is 0 Å². The van der Waals surface area contributed by atoms with Crippen molar-refractivity contribution >= 4 is 29.1 Å². The Morgan fingerprint density at radius 3 is 2.94 bits per heavy atom. The molecule has 0 spiro atoms. The Labute approximate surface area is 99.8 Å². The number of nitrogens with two attached hydrogens (primary N) is 1. The molecule has 0 bridgehead atoms. The molecule has 2 aromatic rings. The van der Waals surface area contributed by atoms with E-state index in [1.165, 1.54) is 16.3 Å². The standard InChI is InChI=1S/C8H8ClN5OS/c1-14-7(15)12-13-8(14)16-6-4(10)2-3-5(9)11-6/h2-3H,10H2,1H3,(H,12,15). The van der Waals surface area contributed by atoms with Crippen LogP contribution in [-0.2, 0) is 7.05 Å². The molecule has 6 nitrogen and oxygen atoms in total. The lowest BCUT2D eigenvalue weighted by Gasteiger charge is -2.03. The molecule has 2 rings (SSSR count). The fourth-order valence-electron chi connectivity index (χ4n) is 1.02. The number of aromatic nitrogens is 4. The van der Waals surface area contributed by atoms with Crippen molar-refractivity contribution in [1.82, 2.24) is 19.7 Å². The van der Waals surface area contributed by atoms with Crippen LogP contribution in [0.2, 0.25) is 5.15 Å². The van der Waals surface area contributed by atoms with Gasteiger partial charge in [0.05, 0.1) is 5.69 Å². The lowest BCUT2D eigenvalue weighted by atomic mass is 10.4. The Hall–Kier alpha value is -1.47. The molecule has 0 aromatic carbocycles. The highest BCUT2D eigenvalue weighted by Crippen LogP contribution is 2.28. The van der Waals surface area contributed by atoms with Crippen LogP contribution in [0.15, 0.2) is 27.1 Å². The van der Waals surface area contributed by atoms with Crippen LogP contribution in [0.3, 0.4) is 0 Å². The van der Waals surface area contributed by atoms with Gasteiger partial charge < -0.3 is 5.73 Å². The summed E-state index contributed by atoms with van der Waals surface area (Å²) < 4.78 is 1.37. The highest BCUT2D eigenvalue weighted by Gasteiger charge is 2.10. The number of rotatable bonds is 2. The smallest absolute Gasteiger partial charge is 0.343 e. The number of nitrogens with zero attached hydrogens (tertiary/aromatic N) is 3. The first-order chi connectivity index (χ1) is 7.58. The van der Waals surface area contributed by atoms with Gasteiger partial charge in [0.15, 0.2) is 5.16 Å². The molecule has 8 heteroatoms. The molecule has 0 amide bonds. The average molecular weight is 258 g/mol. The minimum Gasteiger partial charge on any atom is -0.397 e. The third kappa shape index (κ3) is 2.05. The second kappa shape index (κ2) is 4.18. The van der Waals surface area contributed by atoms with Crippen LogP contribution in [-0.4, -0.2) is 19.7 Å². The number of pyridine rings is 1. The normalized spacial score (nSPS) is 10.6. The maximum Gasteiger partial charge on any atom is 0.343 e. The third-order valence-electron chi connectivity index (χ3n) is 1.88. The van der Waals surface area contributed by atoms with Gasteiger partial charge in [-0.3, -0.25) is 4.57 Å². The van der Waals surface area contributed by atoms with Gasteiger partial charge in [-0.15, -0.1) is 5.10 Å². The van der Waals surface area contributed by atoms with Crippen molar-refractivity contribution < 1.29 is 0 Å². The summed E-state index contributed by atoms with van der Waals surface area (Å²) in [6.45, 7) is 0. The van der Waals surface area contributed by atoms with E-state index >= 15 is 0 Å². The summed E-state index contributed by atoms with van der Waals surface area (Å²) >= 11 is 6.93. The third-order valence-corrected chi connectivity index (χ3v) is 3.16. The molecule has 0 radical (unpaired) electrons. The van der Waals surface area contributed by atoms with Gasteiger partial charge in [-0.25, -0.2) is 14.9 Å². The first kappa shape index (κ1) is 11.0. The molecule has 84 valence electrons. The zero-order valence-corrected chi connectivity index (χ0v) is 9.84. The minimum atomic E-state index is -0.289. The van der Waals surface area contributed by atoms with Gasteiger partial charge in [0.2, 0.25) is 0 Å². The maximum atomic E-state index is 11.1. The Morgan fingerprint density at radius 1 is 1.56 bits per heavy atom. The van der Waals surface area contributed by atoms with Crippen molar-refractivity contribution in [2.45, 2.75) is 10.2 Å². The number of nitrogens with one attached hydrogen (secondary N) is 1. The molecule has 0 fully saturated rings. The second-order valence-corrected chi connectivity index (χ2v) is 4.34. The summed E-state index contributed by atoms with van der Waals surface area (Å²) in [5.41, 5.74) is 5.93. The quantitative estimate of drug-likeness (QED) is 0.780. The van der Waals surface area contributed by atoms with E-state index in [4.69, 9.17) is 17.3 Å². The monoisotopic (exact) mass is 257 g/mol. The van der Waals surface area contributed by atoms with Gasteiger partial charge in [-0.2, -0.15) is 0 Å². The van der Waals surface area contributed by atoms with Crippen LogP contribution in [0.25, 0.3) is 0 Å². The van der Waals surface area contributed by atoms with Gasteiger partial charge >= 0.3 is 5.69 Å². The van der Waals surface area contributed by atoms with E-state index < -0.39 is 0 Å². The Morgan fingerprint density at radius 2 is 2.31 bits per heavy atom. The van der Waals surface area contributed by atoms with E-state index in [9.17, 15) is 4.79 Å². The number of hydrogen-bond donors (Lipinski definition) is 2. The Bertz CT molecular complexity index is 578. The molecule has 0 aliphatic rings. The van der Waals surface area contributed by atoms with E-state index in [0.717, 1.165) is 0 Å². The zero-order valence-electron chi connectivity index (χ0n) is 8.27. The van der Waals surface area contributed by atoms with E-state index in [1.54, 1.807) is 19.2 Å². The fraction of sp³-hybridized carbons (Fsp3) is 0.125. The SMILES string of the molecule is Cn1c(Sc2nc(Cl)ccc2N)n[nH]c1=O. The van der Waals surface area contributed by atoms with Crippen molar-refractivity contribution in [1.29, 1.82) is 0 Å². The fourth-order valence-corrected chi connectivity index (χ4v) is 2.03. The van der Waals surface area contributed by atoms with Crippen molar-refractivity contribution in [3.63, 3.8) is 0 Å². The molecule has 16 heavy (non-hydrogen) atoms. The zero-order chi connectivity index (χ0) is 11.7.